The number of anilines is 1. The summed E-state index contributed by atoms with van der Waals surface area (Å²) < 4.78 is 26.7. The number of esters is 1. The molecule has 3 heterocycles. The van der Waals surface area contributed by atoms with Crippen molar-refractivity contribution in [2.45, 2.75) is 70.8 Å². The van der Waals surface area contributed by atoms with Crippen LogP contribution in [0.5, 0.6) is 0 Å². The summed E-state index contributed by atoms with van der Waals surface area (Å²) >= 11 is 0. The lowest BCUT2D eigenvalue weighted by Crippen LogP contribution is -2.48. The molecule has 2 saturated heterocycles. The molecule has 3 aliphatic rings. The summed E-state index contributed by atoms with van der Waals surface area (Å²) in [7, 11) is 3.98. The van der Waals surface area contributed by atoms with Crippen LogP contribution in [0.3, 0.4) is 0 Å². The second-order valence-electron chi connectivity index (χ2n) is 12.6. The Morgan fingerprint density at radius 1 is 1.09 bits per heavy atom. The zero-order chi connectivity index (χ0) is 31.1. The molecule has 3 aliphatic heterocycles. The Labute approximate surface area is 255 Å². The van der Waals surface area contributed by atoms with Gasteiger partial charge in [0.25, 0.3) is 0 Å². The molecule has 6 atom stereocenters. The SMILES string of the molecule is CN[C@H]1CCN(c2cc(F)cc(/C=C(\C)[C@H]3OC(=O)C[C@H](O)CCC(C)[C@@H](OC(=O)N4CCN(C)CC4)/C=C\[C@@H]3C)c2)C1. The number of hydrogen-bond acceptors (Lipinski definition) is 8. The molecule has 4 rings (SSSR count). The number of benzene rings is 1. The lowest BCUT2D eigenvalue weighted by atomic mass is 9.91. The van der Waals surface area contributed by atoms with Gasteiger partial charge >= 0.3 is 12.1 Å². The Kier molecular flexibility index (Phi) is 11.6. The Morgan fingerprint density at radius 3 is 2.53 bits per heavy atom. The van der Waals surface area contributed by atoms with Gasteiger partial charge in [-0.25, -0.2) is 9.18 Å². The topological polar surface area (TPSA) is 94.6 Å². The molecule has 1 unspecified atom stereocenters. The molecule has 0 bridgehead atoms. The van der Waals surface area contributed by atoms with Crippen LogP contribution in [0.25, 0.3) is 6.08 Å². The van der Waals surface area contributed by atoms with Gasteiger partial charge in [-0.3, -0.25) is 4.79 Å². The number of nitrogens with one attached hydrogen (secondary N) is 1. The summed E-state index contributed by atoms with van der Waals surface area (Å²) in [5, 5.41) is 13.9. The van der Waals surface area contributed by atoms with Crippen LogP contribution in [0.2, 0.25) is 0 Å². The monoisotopic (exact) mass is 600 g/mol. The van der Waals surface area contributed by atoms with E-state index in [-0.39, 0.29) is 30.2 Å². The molecule has 1 aromatic carbocycles. The predicted molar refractivity (Wildman–Crippen MR) is 166 cm³/mol. The number of aliphatic hydroxyl groups is 1. The van der Waals surface area contributed by atoms with Gasteiger partial charge in [-0.15, -0.1) is 0 Å². The van der Waals surface area contributed by atoms with Crippen LogP contribution in [0.4, 0.5) is 14.9 Å². The number of rotatable bonds is 5. The van der Waals surface area contributed by atoms with Crippen molar-refractivity contribution in [3.8, 4) is 0 Å². The smallest absolute Gasteiger partial charge is 0.410 e. The maximum absolute atomic E-state index is 14.7. The fourth-order valence-corrected chi connectivity index (χ4v) is 6.07. The molecule has 238 valence electrons. The van der Waals surface area contributed by atoms with E-state index in [0.29, 0.717) is 37.5 Å². The number of likely N-dealkylation sites (N-methyl/N-ethyl adjacent to an activating group) is 2. The molecule has 1 amide bonds. The average Bonchev–Trinajstić information content (AvgIpc) is 3.45. The number of carbonyl (C=O) groups is 2. The molecule has 0 radical (unpaired) electrons. The maximum atomic E-state index is 14.7. The van der Waals surface area contributed by atoms with Gasteiger partial charge in [0, 0.05) is 56.9 Å². The van der Waals surface area contributed by atoms with Crippen LogP contribution < -0.4 is 10.2 Å². The van der Waals surface area contributed by atoms with Crippen LogP contribution in [0, 0.1) is 17.7 Å². The van der Waals surface area contributed by atoms with E-state index in [9.17, 15) is 19.1 Å². The van der Waals surface area contributed by atoms with Crippen molar-refractivity contribution in [1.82, 2.24) is 15.1 Å². The van der Waals surface area contributed by atoms with E-state index >= 15 is 0 Å². The summed E-state index contributed by atoms with van der Waals surface area (Å²) in [6.07, 6.45) is 5.19. The molecule has 0 spiro atoms. The standard InChI is InChI=1S/C33H49FN4O5/c1-22-6-8-29(39)20-31(40)43-32(23(2)7-9-30(22)42-33(41)37-14-12-36(5)13-15-37)24(3)16-25-17-26(34)19-28(18-25)38-11-10-27(21-38)35-4/h7,9,16-19,22-23,27,29-30,32,35,39H,6,8,10-15,20-21H2,1-5H3/b9-7-,24-16+/t22?,23-,27-,29+,30-,32-/m0/s1. The predicted octanol–water partition coefficient (Wildman–Crippen LogP) is 4.06. The molecular weight excluding hydrogens is 551 g/mol. The minimum absolute atomic E-state index is 0.0566. The third kappa shape index (κ3) is 9.27. The highest BCUT2D eigenvalue weighted by molar-refractivity contribution is 5.71. The van der Waals surface area contributed by atoms with Crippen LogP contribution in [-0.4, -0.2) is 105 Å². The number of amides is 1. The first-order valence-corrected chi connectivity index (χ1v) is 15.6. The normalized spacial score (nSPS) is 30.8. The lowest BCUT2D eigenvalue weighted by Gasteiger charge is -2.33. The summed E-state index contributed by atoms with van der Waals surface area (Å²) in [4.78, 5) is 32.0. The molecule has 1 aromatic rings. The molecule has 0 aromatic heterocycles. The third-order valence-electron chi connectivity index (χ3n) is 8.97. The number of nitrogens with zero attached hydrogens (tertiary/aromatic N) is 3. The highest BCUT2D eigenvalue weighted by atomic mass is 19.1. The number of ether oxygens (including phenoxy) is 2. The largest absolute Gasteiger partial charge is 0.457 e. The number of aliphatic hydroxyl groups excluding tert-OH is 1. The maximum Gasteiger partial charge on any atom is 0.410 e. The molecule has 10 heteroatoms. The fraction of sp³-hybridized carbons (Fsp3) is 0.636. The van der Waals surface area contributed by atoms with Gasteiger partial charge in [0.05, 0.1) is 12.5 Å². The van der Waals surface area contributed by atoms with Crippen molar-refractivity contribution >= 4 is 23.8 Å². The summed E-state index contributed by atoms with van der Waals surface area (Å²) in [5.74, 6) is -1.13. The van der Waals surface area contributed by atoms with Gasteiger partial charge in [0.2, 0.25) is 0 Å². The Hall–Kier alpha value is -2.95. The molecule has 43 heavy (non-hydrogen) atoms. The van der Waals surface area contributed by atoms with Crippen molar-refractivity contribution in [3.63, 3.8) is 0 Å². The number of piperazine rings is 1. The van der Waals surface area contributed by atoms with Crippen molar-refractivity contribution in [2.75, 3.05) is 58.3 Å². The minimum atomic E-state index is -0.861. The minimum Gasteiger partial charge on any atom is -0.457 e. The first-order valence-electron chi connectivity index (χ1n) is 15.6. The summed E-state index contributed by atoms with van der Waals surface area (Å²) in [6, 6.07) is 5.37. The van der Waals surface area contributed by atoms with Crippen molar-refractivity contribution in [3.05, 3.63) is 47.3 Å². The van der Waals surface area contributed by atoms with E-state index in [1.54, 1.807) is 11.0 Å². The van der Waals surface area contributed by atoms with E-state index in [4.69, 9.17) is 9.47 Å². The van der Waals surface area contributed by atoms with E-state index in [2.05, 4.69) is 15.1 Å². The molecule has 2 fully saturated rings. The van der Waals surface area contributed by atoms with Crippen LogP contribution >= 0.6 is 0 Å². The van der Waals surface area contributed by atoms with E-state index in [1.165, 1.54) is 6.07 Å². The molecule has 0 saturated carbocycles. The Balaban J connectivity index is 1.55. The second-order valence-corrected chi connectivity index (χ2v) is 12.6. The zero-order valence-corrected chi connectivity index (χ0v) is 26.3. The third-order valence-corrected chi connectivity index (χ3v) is 8.97. The number of carbonyl (C=O) groups excluding carboxylic acids is 2. The van der Waals surface area contributed by atoms with Gasteiger partial charge in [0.1, 0.15) is 18.0 Å². The van der Waals surface area contributed by atoms with Gasteiger partial charge in [0.15, 0.2) is 0 Å². The highest BCUT2D eigenvalue weighted by Crippen LogP contribution is 2.28. The zero-order valence-electron chi connectivity index (χ0n) is 26.3. The van der Waals surface area contributed by atoms with Gasteiger partial charge in [-0.1, -0.05) is 26.0 Å². The van der Waals surface area contributed by atoms with Crippen molar-refractivity contribution < 1.29 is 28.6 Å². The van der Waals surface area contributed by atoms with Crippen LogP contribution in [0.1, 0.15) is 52.0 Å². The summed E-state index contributed by atoms with van der Waals surface area (Å²) in [5.41, 5.74) is 2.26. The Morgan fingerprint density at radius 2 is 1.84 bits per heavy atom. The van der Waals surface area contributed by atoms with E-state index in [0.717, 1.165) is 43.9 Å². The number of halogens is 1. The quantitative estimate of drug-likeness (QED) is 0.386. The first-order chi connectivity index (χ1) is 20.5. The molecular formula is C33H49FN4O5. The lowest BCUT2D eigenvalue weighted by molar-refractivity contribution is -0.151. The van der Waals surface area contributed by atoms with Gasteiger partial charge in [-0.2, -0.15) is 0 Å². The first kappa shape index (κ1) is 33.0. The average molecular weight is 601 g/mol. The fourth-order valence-electron chi connectivity index (χ4n) is 6.07. The summed E-state index contributed by atoms with van der Waals surface area (Å²) in [6.45, 7) is 10.3. The number of cyclic esters (lactones) is 1. The van der Waals surface area contributed by atoms with E-state index in [1.807, 2.05) is 59.2 Å². The van der Waals surface area contributed by atoms with Gasteiger partial charge < -0.3 is 34.6 Å². The van der Waals surface area contributed by atoms with Gasteiger partial charge in [-0.05, 0) is 81.6 Å². The molecule has 0 aliphatic carbocycles. The Bertz CT molecular complexity index is 1170. The number of hydrogen-bond donors (Lipinski definition) is 2. The van der Waals surface area contributed by atoms with Crippen molar-refractivity contribution in [2.24, 2.45) is 11.8 Å². The molecule has 2 N–H and O–H groups in total. The highest BCUT2D eigenvalue weighted by Gasteiger charge is 2.29. The second kappa shape index (κ2) is 15.2. The van der Waals surface area contributed by atoms with Crippen LogP contribution in [-0.2, 0) is 14.3 Å². The molecule has 9 nitrogen and oxygen atoms in total. The van der Waals surface area contributed by atoms with Crippen LogP contribution in [0.15, 0.2) is 35.9 Å². The van der Waals surface area contributed by atoms with E-state index < -0.39 is 24.3 Å². The van der Waals surface area contributed by atoms with Crippen molar-refractivity contribution in [1.29, 1.82) is 0 Å².